The van der Waals surface area contributed by atoms with Gasteiger partial charge >= 0.3 is 0 Å². The third-order valence-corrected chi connectivity index (χ3v) is 5.41. The third-order valence-electron chi connectivity index (χ3n) is 5.41. The van der Waals surface area contributed by atoms with E-state index in [0.717, 1.165) is 31.2 Å². The van der Waals surface area contributed by atoms with Gasteiger partial charge in [-0.25, -0.2) is 0 Å². The Morgan fingerprint density at radius 2 is 2.12 bits per heavy atom. The molecule has 0 aliphatic carbocycles. The molecule has 25 heavy (non-hydrogen) atoms. The summed E-state index contributed by atoms with van der Waals surface area (Å²) in [4.78, 5) is 6.96. The SMILES string of the molecule is CN=C(NCCN1CCCCC1C)NC(C)Cc1c(C)nn(C)c1C. The molecule has 6 nitrogen and oxygen atoms in total. The highest BCUT2D eigenvalue weighted by atomic mass is 15.3. The predicted molar refractivity (Wildman–Crippen MR) is 105 cm³/mol. The fraction of sp³-hybridized carbons (Fsp3) is 0.789. The molecule has 0 radical (unpaired) electrons. The van der Waals surface area contributed by atoms with Crippen LogP contribution in [-0.2, 0) is 13.5 Å². The third kappa shape index (κ3) is 5.46. The maximum absolute atomic E-state index is 4.51. The van der Waals surface area contributed by atoms with Crippen LogP contribution in [0.3, 0.4) is 0 Å². The van der Waals surface area contributed by atoms with Crippen LogP contribution in [0.25, 0.3) is 0 Å². The van der Waals surface area contributed by atoms with Crippen molar-refractivity contribution >= 4 is 5.96 Å². The van der Waals surface area contributed by atoms with Gasteiger partial charge in [-0.3, -0.25) is 14.6 Å². The summed E-state index contributed by atoms with van der Waals surface area (Å²) < 4.78 is 1.96. The van der Waals surface area contributed by atoms with Gasteiger partial charge < -0.3 is 10.6 Å². The molecule has 2 N–H and O–H groups in total. The number of nitrogens with zero attached hydrogens (tertiary/aromatic N) is 4. The van der Waals surface area contributed by atoms with Gasteiger partial charge in [-0.05, 0) is 59.1 Å². The lowest BCUT2D eigenvalue weighted by molar-refractivity contribution is 0.163. The van der Waals surface area contributed by atoms with Crippen LogP contribution in [0.5, 0.6) is 0 Å². The molecule has 6 heteroatoms. The van der Waals surface area contributed by atoms with Gasteiger partial charge in [-0.15, -0.1) is 0 Å². The highest BCUT2D eigenvalue weighted by molar-refractivity contribution is 5.79. The topological polar surface area (TPSA) is 57.5 Å². The van der Waals surface area contributed by atoms with Crippen molar-refractivity contribution in [1.82, 2.24) is 25.3 Å². The van der Waals surface area contributed by atoms with Gasteiger partial charge in [0.25, 0.3) is 0 Å². The van der Waals surface area contributed by atoms with Crippen LogP contribution in [0.2, 0.25) is 0 Å². The molecular weight excluding hydrogens is 312 g/mol. The fourth-order valence-electron chi connectivity index (χ4n) is 3.71. The van der Waals surface area contributed by atoms with Crippen LogP contribution in [-0.4, -0.2) is 59.4 Å². The minimum atomic E-state index is 0.307. The van der Waals surface area contributed by atoms with E-state index in [1.807, 2.05) is 18.8 Å². The van der Waals surface area contributed by atoms with E-state index in [9.17, 15) is 0 Å². The molecule has 1 aromatic heterocycles. The number of nitrogens with one attached hydrogen (secondary N) is 2. The smallest absolute Gasteiger partial charge is 0.191 e. The lowest BCUT2D eigenvalue weighted by Crippen LogP contribution is -2.47. The normalized spacial score (nSPS) is 20.6. The molecule has 0 aromatic carbocycles. The van der Waals surface area contributed by atoms with E-state index in [-0.39, 0.29) is 0 Å². The second kappa shape index (κ2) is 9.22. The van der Waals surface area contributed by atoms with Crippen LogP contribution < -0.4 is 10.6 Å². The average molecular weight is 349 g/mol. The van der Waals surface area contributed by atoms with Gasteiger partial charge in [-0.2, -0.15) is 5.10 Å². The van der Waals surface area contributed by atoms with Crippen molar-refractivity contribution in [1.29, 1.82) is 0 Å². The minimum absolute atomic E-state index is 0.307. The summed E-state index contributed by atoms with van der Waals surface area (Å²) in [7, 11) is 3.85. The lowest BCUT2D eigenvalue weighted by atomic mass is 10.0. The first kappa shape index (κ1) is 19.8. The minimum Gasteiger partial charge on any atom is -0.355 e. The first-order valence-electron chi connectivity index (χ1n) is 9.62. The number of hydrogen-bond donors (Lipinski definition) is 2. The summed E-state index contributed by atoms with van der Waals surface area (Å²) in [5.41, 5.74) is 3.70. The maximum Gasteiger partial charge on any atom is 0.191 e. The van der Waals surface area contributed by atoms with Crippen molar-refractivity contribution in [3.63, 3.8) is 0 Å². The number of hydrogen-bond acceptors (Lipinski definition) is 3. The first-order valence-corrected chi connectivity index (χ1v) is 9.62. The molecule has 0 saturated carbocycles. The standard InChI is InChI=1S/C19H36N6/c1-14(13-18-16(3)23-24(6)17(18)4)22-19(20-5)21-10-12-25-11-8-7-9-15(25)2/h14-15H,7-13H2,1-6H3,(H2,20,21,22). The summed E-state index contributed by atoms with van der Waals surface area (Å²) >= 11 is 0. The number of guanidine groups is 1. The quantitative estimate of drug-likeness (QED) is 0.610. The van der Waals surface area contributed by atoms with E-state index in [0.29, 0.717) is 12.1 Å². The van der Waals surface area contributed by atoms with Crippen LogP contribution in [0.4, 0.5) is 0 Å². The van der Waals surface area contributed by atoms with Crippen molar-refractivity contribution in [2.24, 2.45) is 12.0 Å². The van der Waals surface area contributed by atoms with Crippen LogP contribution in [0.15, 0.2) is 4.99 Å². The number of likely N-dealkylation sites (tertiary alicyclic amines) is 1. The number of aryl methyl sites for hydroxylation is 2. The Bertz CT molecular complexity index is 577. The zero-order valence-corrected chi connectivity index (χ0v) is 16.9. The second-order valence-electron chi connectivity index (χ2n) is 7.40. The van der Waals surface area contributed by atoms with Gasteiger partial charge in [0, 0.05) is 45.0 Å². The summed E-state index contributed by atoms with van der Waals surface area (Å²) in [6.07, 6.45) is 4.99. The van der Waals surface area contributed by atoms with Crippen LogP contribution >= 0.6 is 0 Å². The van der Waals surface area contributed by atoms with E-state index >= 15 is 0 Å². The highest BCUT2D eigenvalue weighted by Gasteiger charge is 2.18. The molecule has 1 aliphatic heterocycles. The Morgan fingerprint density at radius 1 is 1.36 bits per heavy atom. The zero-order chi connectivity index (χ0) is 18.4. The molecule has 0 bridgehead atoms. The van der Waals surface area contributed by atoms with Crippen LogP contribution in [0, 0.1) is 13.8 Å². The van der Waals surface area contributed by atoms with E-state index < -0.39 is 0 Å². The summed E-state index contributed by atoms with van der Waals surface area (Å²) in [5, 5.41) is 11.5. The first-order chi connectivity index (χ1) is 11.9. The Labute approximate surface area is 153 Å². The number of piperidine rings is 1. The average Bonchev–Trinajstić information content (AvgIpc) is 2.82. The number of aliphatic imine (C=N–C) groups is 1. The fourth-order valence-corrected chi connectivity index (χ4v) is 3.71. The summed E-state index contributed by atoms with van der Waals surface area (Å²) in [6.45, 7) is 12.0. The number of aromatic nitrogens is 2. The Morgan fingerprint density at radius 3 is 2.72 bits per heavy atom. The molecule has 1 saturated heterocycles. The van der Waals surface area contributed by atoms with Gasteiger partial charge in [0.2, 0.25) is 0 Å². The molecule has 1 aromatic rings. The van der Waals surface area contributed by atoms with E-state index in [1.54, 1.807) is 0 Å². The highest BCUT2D eigenvalue weighted by Crippen LogP contribution is 2.15. The lowest BCUT2D eigenvalue weighted by Gasteiger charge is -2.33. The molecule has 2 unspecified atom stereocenters. The van der Waals surface area contributed by atoms with Crippen molar-refractivity contribution in [3.05, 3.63) is 17.0 Å². The van der Waals surface area contributed by atoms with Crippen LogP contribution in [0.1, 0.15) is 50.1 Å². The largest absolute Gasteiger partial charge is 0.355 e. The Kier molecular flexibility index (Phi) is 7.29. The van der Waals surface area contributed by atoms with Crippen molar-refractivity contribution < 1.29 is 0 Å². The van der Waals surface area contributed by atoms with Gasteiger partial charge in [-0.1, -0.05) is 6.42 Å². The summed E-state index contributed by atoms with van der Waals surface area (Å²) in [5.74, 6) is 0.886. The monoisotopic (exact) mass is 348 g/mol. The molecule has 0 spiro atoms. The van der Waals surface area contributed by atoms with E-state index in [2.05, 4.69) is 53.3 Å². The summed E-state index contributed by atoms with van der Waals surface area (Å²) in [6, 6.07) is 1.02. The van der Waals surface area contributed by atoms with Crippen molar-refractivity contribution in [3.8, 4) is 0 Å². The van der Waals surface area contributed by atoms with E-state index in [1.165, 1.54) is 37.1 Å². The molecule has 1 fully saturated rings. The van der Waals surface area contributed by atoms with Gasteiger partial charge in [0.15, 0.2) is 5.96 Å². The molecule has 142 valence electrons. The van der Waals surface area contributed by atoms with Crippen molar-refractivity contribution in [2.75, 3.05) is 26.7 Å². The zero-order valence-electron chi connectivity index (χ0n) is 16.9. The molecule has 2 heterocycles. The molecule has 1 aliphatic rings. The maximum atomic E-state index is 4.51. The predicted octanol–water partition coefficient (Wildman–Crippen LogP) is 2.01. The van der Waals surface area contributed by atoms with Gasteiger partial charge in [0.1, 0.15) is 0 Å². The van der Waals surface area contributed by atoms with Gasteiger partial charge in [0.05, 0.1) is 5.69 Å². The Balaban J connectivity index is 1.79. The van der Waals surface area contributed by atoms with Crippen molar-refractivity contribution in [2.45, 2.75) is 65.5 Å². The van der Waals surface area contributed by atoms with E-state index in [4.69, 9.17) is 0 Å². The molecular formula is C19H36N6. The Hall–Kier alpha value is -1.56. The second-order valence-corrected chi connectivity index (χ2v) is 7.40. The number of rotatable bonds is 6. The molecule has 2 rings (SSSR count). The molecule has 2 atom stereocenters. The molecule has 0 amide bonds.